The molecular weight excluding hydrogens is 246 g/mol. The van der Waals surface area contributed by atoms with E-state index in [9.17, 15) is 9.59 Å². The molecule has 0 N–H and O–H groups in total. The fraction of sp³-hybridized carbons (Fsp3) is 0.714. The number of carbonyl (C=O) groups is 2. The predicted octanol–water partition coefficient (Wildman–Crippen LogP) is 0.740. The summed E-state index contributed by atoms with van der Waals surface area (Å²) in [5.74, 6) is -1.20. The van der Waals surface area contributed by atoms with Crippen molar-refractivity contribution in [3.05, 3.63) is 12.2 Å². The molecule has 5 nitrogen and oxygen atoms in total. The van der Waals surface area contributed by atoms with Gasteiger partial charge in [0.05, 0.1) is 25.2 Å². The molecule has 0 radical (unpaired) electrons. The quantitative estimate of drug-likeness (QED) is 0.558. The third-order valence-electron chi connectivity index (χ3n) is 4.31. The Morgan fingerprint density at radius 1 is 1.63 bits per heavy atom. The van der Waals surface area contributed by atoms with E-state index in [1.165, 1.54) is 0 Å². The SMILES string of the molecule is CCOC(=O)[C@H]1[C@@H]2C=C[C@]3(CN(C(C)C)C(=O)[C@H]13)O2. The molecule has 104 valence electrons. The summed E-state index contributed by atoms with van der Waals surface area (Å²) in [5, 5.41) is 0. The first kappa shape index (κ1) is 12.7. The van der Waals surface area contributed by atoms with E-state index in [-0.39, 0.29) is 24.0 Å². The molecule has 4 atom stereocenters. The van der Waals surface area contributed by atoms with Crippen LogP contribution in [0.5, 0.6) is 0 Å². The van der Waals surface area contributed by atoms with Crippen molar-refractivity contribution in [1.82, 2.24) is 4.90 Å². The Morgan fingerprint density at radius 3 is 3.00 bits per heavy atom. The Kier molecular flexibility index (Phi) is 2.71. The second kappa shape index (κ2) is 4.07. The maximum atomic E-state index is 12.5. The lowest BCUT2D eigenvalue weighted by Gasteiger charge is -2.24. The highest BCUT2D eigenvalue weighted by molar-refractivity contribution is 5.91. The number of esters is 1. The third-order valence-corrected chi connectivity index (χ3v) is 4.31. The minimum Gasteiger partial charge on any atom is -0.466 e. The average Bonchev–Trinajstić information content (AvgIpc) is 2.98. The van der Waals surface area contributed by atoms with Gasteiger partial charge in [-0.3, -0.25) is 9.59 Å². The zero-order valence-corrected chi connectivity index (χ0v) is 11.5. The molecule has 0 aromatic rings. The molecule has 3 rings (SSSR count). The Labute approximate surface area is 112 Å². The minimum atomic E-state index is -0.608. The van der Waals surface area contributed by atoms with Gasteiger partial charge in [0.2, 0.25) is 5.91 Å². The number of hydrogen-bond donors (Lipinski definition) is 0. The van der Waals surface area contributed by atoms with Crippen LogP contribution >= 0.6 is 0 Å². The van der Waals surface area contributed by atoms with Crippen LogP contribution in [0.15, 0.2) is 12.2 Å². The molecule has 1 amide bonds. The third kappa shape index (κ3) is 1.57. The number of fused-ring (bicyclic) bond motifs is 1. The van der Waals surface area contributed by atoms with Gasteiger partial charge in [-0.05, 0) is 20.8 Å². The van der Waals surface area contributed by atoms with Crippen molar-refractivity contribution in [2.24, 2.45) is 11.8 Å². The highest BCUT2D eigenvalue weighted by Crippen LogP contribution is 2.52. The highest BCUT2D eigenvalue weighted by atomic mass is 16.6. The molecule has 0 saturated carbocycles. The van der Waals surface area contributed by atoms with E-state index in [0.29, 0.717) is 13.2 Å². The summed E-state index contributed by atoms with van der Waals surface area (Å²) >= 11 is 0. The molecule has 2 fully saturated rings. The summed E-state index contributed by atoms with van der Waals surface area (Å²) in [5.41, 5.74) is -0.608. The van der Waals surface area contributed by atoms with Crippen molar-refractivity contribution in [2.75, 3.05) is 13.2 Å². The summed E-state index contributed by atoms with van der Waals surface area (Å²) in [7, 11) is 0. The molecule has 2 bridgehead atoms. The minimum absolute atomic E-state index is 0.0138. The van der Waals surface area contributed by atoms with Gasteiger partial charge >= 0.3 is 5.97 Å². The van der Waals surface area contributed by atoms with Gasteiger partial charge in [-0.25, -0.2) is 0 Å². The summed E-state index contributed by atoms with van der Waals surface area (Å²) < 4.78 is 11.0. The second-order valence-electron chi connectivity index (χ2n) is 5.71. The molecule has 3 heterocycles. The fourth-order valence-electron chi connectivity index (χ4n) is 3.47. The van der Waals surface area contributed by atoms with E-state index in [1.807, 2.05) is 26.0 Å². The molecule has 0 aliphatic carbocycles. The van der Waals surface area contributed by atoms with Crippen molar-refractivity contribution < 1.29 is 19.1 Å². The first-order chi connectivity index (χ1) is 9.00. The molecule has 1 spiro atoms. The number of nitrogens with zero attached hydrogens (tertiary/aromatic N) is 1. The smallest absolute Gasteiger partial charge is 0.312 e. The van der Waals surface area contributed by atoms with Crippen molar-refractivity contribution in [1.29, 1.82) is 0 Å². The summed E-state index contributed by atoms with van der Waals surface area (Å²) in [4.78, 5) is 26.4. The number of rotatable bonds is 3. The molecule has 19 heavy (non-hydrogen) atoms. The van der Waals surface area contributed by atoms with E-state index in [2.05, 4.69) is 0 Å². The van der Waals surface area contributed by atoms with Crippen LogP contribution in [0.3, 0.4) is 0 Å². The second-order valence-corrected chi connectivity index (χ2v) is 5.71. The largest absolute Gasteiger partial charge is 0.466 e. The van der Waals surface area contributed by atoms with Crippen LogP contribution in [0.1, 0.15) is 20.8 Å². The lowest BCUT2D eigenvalue weighted by atomic mass is 9.77. The zero-order chi connectivity index (χ0) is 13.8. The van der Waals surface area contributed by atoms with Crippen LogP contribution in [0, 0.1) is 11.8 Å². The van der Waals surface area contributed by atoms with Gasteiger partial charge in [0.15, 0.2) is 0 Å². The maximum Gasteiger partial charge on any atom is 0.312 e. The molecule has 5 heteroatoms. The van der Waals surface area contributed by atoms with Gasteiger partial charge in [-0.15, -0.1) is 0 Å². The van der Waals surface area contributed by atoms with Gasteiger partial charge in [0.1, 0.15) is 11.5 Å². The number of hydrogen-bond acceptors (Lipinski definition) is 4. The van der Waals surface area contributed by atoms with Gasteiger partial charge in [0.25, 0.3) is 0 Å². The van der Waals surface area contributed by atoms with E-state index < -0.39 is 17.4 Å². The van der Waals surface area contributed by atoms with Crippen molar-refractivity contribution >= 4 is 11.9 Å². The van der Waals surface area contributed by atoms with Crippen LogP contribution in [-0.4, -0.2) is 47.7 Å². The summed E-state index contributed by atoms with van der Waals surface area (Å²) in [6, 6.07) is 0.117. The fourth-order valence-corrected chi connectivity index (χ4v) is 3.47. The van der Waals surface area contributed by atoms with Crippen molar-refractivity contribution in [2.45, 2.75) is 38.5 Å². The highest BCUT2D eigenvalue weighted by Gasteiger charge is 2.67. The van der Waals surface area contributed by atoms with Crippen molar-refractivity contribution in [3.63, 3.8) is 0 Å². The number of likely N-dealkylation sites (tertiary alicyclic amines) is 1. The van der Waals surface area contributed by atoms with Crippen molar-refractivity contribution in [3.8, 4) is 0 Å². The first-order valence-electron chi connectivity index (χ1n) is 6.84. The van der Waals surface area contributed by atoms with Gasteiger partial charge in [-0.1, -0.05) is 12.2 Å². The van der Waals surface area contributed by atoms with Crippen LogP contribution < -0.4 is 0 Å². The Bertz CT molecular complexity index is 458. The maximum absolute atomic E-state index is 12.5. The standard InChI is InChI=1S/C14H19NO4/c1-4-18-13(17)10-9-5-6-14(19-9)7-15(8(2)3)12(16)11(10)14/h5-6,8-11H,4,7H2,1-3H3/t9-,10-,11-,14+/m0/s1. The Morgan fingerprint density at radius 2 is 2.37 bits per heavy atom. The predicted molar refractivity (Wildman–Crippen MR) is 67.2 cm³/mol. The van der Waals surface area contributed by atoms with Crippen LogP contribution in [-0.2, 0) is 19.1 Å². The van der Waals surface area contributed by atoms with Gasteiger partial charge in [-0.2, -0.15) is 0 Å². The Hall–Kier alpha value is -1.36. The van der Waals surface area contributed by atoms with Crippen LogP contribution in [0.2, 0.25) is 0 Å². The zero-order valence-electron chi connectivity index (χ0n) is 11.5. The average molecular weight is 265 g/mol. The van der Waals surface area contributed by atoms with E-state index in [0.717, 1.165) is 0 Å². The Balaban J connectivity index is 1.93. The van der Waals surface area contributed by atoms with Gasteiger partial charge in [0, 0.05) is 6.04 Å². The normalized spacial score (nSPS) is 39.3. The molecule has 3 aliphatic rings. The van der Waals surface area contributed by atoms with E-state index in [1.54, 1.807) is 11.8 Å². The molecule has 0 unspecified atom stereocenters. The molecular formula is C14H19NO4. The lowest BCUT2D eigenvalue weighted by molar-refractivity contribution is -0.153. The molecule has 2 saturated heterocycles. The monoisotopic (exact) mass is 265 g/mol. The topological polar surface area (TPSA) is 55.8 Å². The first-order valence-corrected chi connectivity index (χ1v) is 6.84. The lowest BCUT2D eigenvalue weighted by Crippen LogP contribution is -2.40. The van der Waals surface area contributed by atoms with Crippen LogP contribution in [0.25, 0.3) is 0 Å². The summed E-state index contributed by atoms with van der Waals surface area (Å²) in [6.45, 7) is 6.59. The van der Waals surface area contributed by atoms with E-state index >= 15 is 0 Å². The number of ether oxygens (including phenoxy) is 2. The van der Waals surface area contributed by atoms with Crippen LogP contribution in [0.4, 0.5) is 0 Å². The number of amides is 1. The van der Waals surface area contributed by atoms with Gasteiger partial charge < -0.3 is 14.4 Å². The van der Waals surface area contributed by atoms with E-state index in [4.69, 9.17) is 9.47 Å². The number of carbonyl (C=O) groups excluding carboxylic acids is 2. The summed E-state index contributed by atoms with van der Waals surface area (Å²) in [6.07, 6.45) is 3.55. The molecule has 0 aromatic carbocycles. The molecule has 3 aliphatic heterocycles. The molecule has 0 aromatic heterocycles.